The van der Waals surface area contributed by atoms with Gasteiger partial charge in [0.2, 0.25) is 5.91 Å². The molecular formula is C20H23ClF2N10O. The summed E-state index contributed by atoms with van der Waals surface area (Å²) in [4.78, 5) is 22.3. The number of anilines is 1. The third kappa shape index (κ3) is 3.53. The second-order valence-electron chi connectivity index (χ2n) is 9.25. The summed E-state index contributed by atoms with van der Waals surface area (Å²) in [6.07, 6.45) is 4.09. The van der Waals surface area contributed by atoms with Crippen LogP contribution in [0.15, 0.2) is 24.9 Å². The second-order valence-corrected chi connectivity index (χ2v) is 9.76. The smallest absolute Gasteiger partial charge is 0.231 e. The number of hydrogen-bond acceptors (Lipinski definition) is 8. The maximum Gasteiger partial charge on any atom is 0.231 e. The molecule has 34 heavy (non-hydrogen) atoms. The van der Waals surface area contributed by atoms with Crippen molar-refractivity contribution in [2.24, 2.45) is 17.8 Å². The van der Waals surface area contributed by atoms with Crippen molar-refractivity contribution in [1.29, 1.82) is 0 Å². The summed E-state index contributed by atoms with van der Waals surface area (Å²) >= 11 is 6.76. The van der Waals surface area contributed by atoms with E-state index in [2.05, 4.69) is 41.5 Å². The molecule has 2 saturated carbocycles. The molecule has 1 amide bonds. The lowest BCUT2D eigenvalue weighted by Crippen LogP contribution is -2.55. The number of hydrazine groups is 1. The maximum absolute atomic E-state index is 15.8. The number of hydrogen-bond donors (Lipinski definition) is 3. The fourth-order valence-electron chi connectivity index (χ4n) is 5.37. The van der Waals surface area contributed by atoms with Crippen LogP contribution in [0.3, 0.4) is 0 Å². The Hall–Kier alpha value is -2.77. The van der Waals surface area contributed by atoms with Crippen molar-refractivity contribution in [2.45, 2.75) is 49.1 Å². The summed E-state index contributed by atoms with van der Waals surface area (Å²) in [5, 5.41) is 13.6. The van der Waals surface area contributed by atoms with Crippen molar-refractivity contribution in [3.8, 4) is 0 Å². The number of alkyl halides is 3. The number of rotatable bonds is 5. The number of imidazole rings is 1. The summed E-state index contributed by atoms with van der Waals surface area (Å²) in [5.74, 6) is -1.57. The van der Waals surface area contributed by atoms with Crippen LogP contribution >= 0.6 is 11.6 Å². The molecule has 11 nitrogen and oxygen atoms in total. The van der Waals surface area contributed by atoms with Gasteiger partial charge in [-0.15, -0.1) is 21.8 Å². The average Bonchev–Trinajstić information content (AvgIpc) is 3.26. The van der Waals surface area contributed by atoms with Gasteiger partial charge in [0.05, 0.1) is 35.4 Å². The Bertz CT molecular complexity index is 1210. The first-order chi connectivity index (χ1) is 16.4. The summed E-state index contributed by atoms with van der Waals surface area (Å²) in [6.45, 7) is 2.45. The fraction of sp³-hybridized carbons (Fsp3) is 0.600. The molecule has 0 radical (unpaired) electrons. The lowest BCUT2D eigenvalue weighted by Gasteiger charge is -2.45. The van der Waals surface area contributed by atoms with Crippen molar-refractivity contribution < 1.29 is 13.6 Å². The first-order valence-corrected chi connectivity index (χ1v) is 11.6. The highest BCUT2D eigenvalue weighted by Crippen LogP contribution is 2.48. The number of carbonyl (C=O) groups excluding carboxylic acids is 1. The highest BCUT2D eigenvalue weighted by atomic mass is 35.5. The highest BCUT2D eigenvalue weighted by molar-refractivity contribution is 6.21. The number of carbonyl (C=O) groups is 1. The van der Waals surface area contributed by atoms with Crippen molar-refractivity contribution in [2.75, 3.05) is 11.9 Å². The van der Waals surface area contributed by atoms with Gasteiger partial charge >= 0.3 is 0 Å². The van der Waals surface area contributed by atoms with Gasteiger partial charge < -0.3 is 9.72 Å². The lowest BCUT2D eigenvalue weighted by atomic mass is 9.67. The van der Waals surface area contributed by atoms with Gasteiger partial charge in [-0.2, -0.15) is 4.80 Å². The first-order valence-electron chi connectivity index (χ1n) is 11.2. The van der Waals surface area contributed by atoms with Crippen LogP contribution in [0, 0.1) is 17.8 Å². The van der Waals surface area contributed by atoms with Crippen molar-refractivity contribution in [3.05, 3.63) is 30.6 Å². The van der Waals surface area contributed by atoms with Crippen LogP contribution in [0.5, 0.6) is 0 Å². The van der Waals surface area contributed by atoms with E-state index >= 15 is 4.39 Å². The SMILES string of the molecule is C[C@@H](C1C(F)C(Cl)C(c2cn3cc(NC(=O)[C@@H]4C[C@@H]4F)nc3cn2)C2CNNC21)n1ncnn1. The highest BCUT2D eigenvalue weighted by Gasteiger charge is 2.55. The minimum Gasteiger partial charge on any atom is -0.309 e. The van der Waals surface area contributed by atoms with Crippen LogP contribution in [-0.4, -0.2) is 70.8 Å². The zero-order valence-electron chi connectivity index (χ0n) is 18.1. The Morgan fingerprint density at radius 3 is 2.91 bits per heavy atom. The van der Waals surface area contributed by atoms with Crippen molar-refractivity contribution >= 4 is 29.0 Å². The standard InChI is InChI=1S/C20H23ClF2N10O/c1-8(33-27-7-26-31-33)15-18(23)17(21)16(10-3-25-30-19(10)15)12-5-32-6-13(28-14(32)4-24-12)29-20(34)9-2-11(9)22/h4-11,15-19,25,30H,2-3H2,1H3,(H,29,34)/t8-,9+,10?,11-,15?,16?,17?,18?,19?/m0/s1. The zero-order valence-corrected chi connectivity index (χ0v) is 18.8. The molecule has 3 aromatic rings. The van der Waals surface area contributed by atoms with Gasteiger partial charge in [-0.3, -0.25) is 20.6 Å². The topological polar surface area (TPSA) is 127 Å². The van der Waals surface area contributed by atoms with Crippen LogP contribution < -0.4 is 16.2 Å². The molecule has 9 atom stereocenters. The molecule has 0 spiro atoms. The molecule has 6 rings (SSSR count). The van der Waals surface area contributed by atoms with Crippen LogP contribution in [-0.2, 0) is 4.79 Å². The minimum atomic E-state index is -1.36. The Labute approximate surface area is 197 Å². The quantitative estimate of drug-likeness (QED) is 0.451. The van der Waals surface area contributed by atoms with E-state index < -0.39 is 29.6 Å². The number of amides is 1. The van der Waals surface area contributed by atoms with E-state index in [0.717, 1.165) is 0 Å². The molecule has 0 aromatic carbocycles. The molecule has 3 N–H and O–H groups in total. The van der Waals surface area contributed by atoms with Crippen LogP contribution in [0.25, 0.3) is 5.65 Å². The molecule has 6 unspecified atom stereocenters. The molecule has 1 saturated heterocycles. The van der Waals surface area contributed by atoms with Gasteiger partial charge in [-0.25, -0.2) is 13.8 Å². The zero-order chi connectivity index (χ0) is 23.6. The number of tetrazole rings is 1. The molecule has 0 bridgehead atoms. The number of nitrogens with zero attached hydrogens (tertiary/aromatic N) is 7. The third-order valence-electron chi connectivity index (χ3n) is 7.25. The largest absolute Gasteiger partial charge is 0.309 e. The van der Waals surface area contributed by atoms with E-state index in [0.29, 0.717) is 23.7 Å². The van der Waals surface area contributed by atoms with E-state index in [4.69, 9.17) is 11.6 Å². The van der Waals surface area contributed by atoms with E-state index in [1.165, 1.54) is 11.1 Å². The van der Waals surface area contributed by atoms with E-state index in [1.807, 2.05) is 6.92 Å². The summed E-state index contributed by atoms with van der Waals surface area (Å²) in [6, 6.07) is -0.580. The van der Waals surface area contributed by atoms with Gasteiger partial charge in [-0.1, -0.05) is 0 Å². The summed E-state index contributed by atoms with van der Waals surface area (Å²) in [7, 11) is 0. The van der Waals surface area contributed by atoms with E-state index in [-0.39, 0.29) is 36.2 Å². The van der Waals surface area contributed by atoms with Crippen LogP contribution in [0.1, 0.15) is 31.0 Å². The lowest BCUT2D eigenvalue weighted by molar-refractivity contribution is -0.117. The Morgan fingerprint density at radius 1 is 1.35 bits per heavy atom. The number of aromatic nitrogens is 7. The maximum atomic E-state index is 15.8. The molecule has 4 heterocycles. The molecule has 3 fully saturated rings. The molecular weight excluding hydrogens is 470 g/mol. The third-order valence-corrected chi connectivity index (χ3v) is 7.76. The van der Waals surface area contributed by atoms with Crippen LogP contribution in [0.4, 0.5) is 14.6 Å². The monoisotopic (exact) mass is 492 g/mol. The number of fused-ring (bicyclic) bond motifs is 2. The molecule has 1 aliphatic heterocycles. The van der Waals surface area contributed by atoms with Gasteiger partial charge in [0.15, 0.2) is 17.8 Å². The van der Waals surface area contributed by atoms with Gasteiger partial charge in [0.25, 0.3) is 0 Å². The van der Waals surface area contributed by atoms with Gasteiger partial charge in [0.1, 0.15) is 12.3 Å². The first kappa shape index (κ1) is 21.7. The Morgan fingerprint density at radius 2 is 2.18 bits per heavy atom. The molecule has 3 aromatic heterocycles. The van der Waals surface area contributed by atoms with Crippen LogP contribution in [0.2, 0.25) is 0 Å². The molecule has 14 heteroatoms. The van der Waals surface area contributed by atoms with Crippen molar-refractivity contribution in [1.82, 2.24) is 45.4 Å². The second kappa shape index (κ2) is 8.17. The van der Waals surface area contributed by atoms with Gasteiger partial charge in [0, 0.05) is 30.6 Å². The number of nitrogens with one attached hydrogen (secondary N) is 3. The van der Waals surface area contributed by atoms with Gasteiger partial charge in [-0.05, 0) is 24.5 Å². The Kier molecular flexibility index (Phi) is 5.22. The Balaban J connectivity index is 1.28. The average molecular weight is 493 g/mol. The predicted molar refractivity (Wildman–Crippen MR) is 116 cm³/mol. The predicted octanol–water partition coefficient (Wildman–Crippen LogP) is 1.02. The summed E-state index contributed by atoms with van der Waals surface area (Å²) in [5.41, 5.74) is 7.51. The van der Waals surface area contributed by atoms with Crippen molar-refractivity contribution in [3.63, 3.8) is 0 Å². The number of halogens is 3. The summed E-state index contributed by atoms with van der Waals surface area (Å²) < 4.78 is 30.7. The fourth-order valence-corrected chi connectivity index (χ4v) is 5.85. The molecule has 180 valence electrons. The minimum absolute atomic E-state index is 0.0329. The van der Waals surface area contributed by atoms with E-state index in [9.17, 15) is 9.18 Å². The molecule has 3 aliphatic rings. The van der Waals surface area contributed by atoms with E-state index in [1.54, 1.807) is 23.0 Å². The molecule has 2 aliphatic carbocycles. The normalized spacial score (nSPS) is 35.8.